The molecule has 0 saturated carbocycles. The number of carbonyl (C=O) groups excluding carboxylic acids is 1. The zero-order valence-corrected chi connectivity index (χ0v) is 10.2. The van der Waals surface area contributed by atoms with E-state index in [1.807, 2.05) is 11.9 Å². The van der Waals surface area contributed by atoms with Crippen LogP contribution in [-0.4, -0.2) is 61.6 Å². The quantitative estimate of drug-likeness (QED) is 0.686. The van der Waals surface area contributed by atoms with E-state index in [1.54, 1.807) is 7.11 Å². The number of nitrogens with zero attached hydrogens (tertiary/aromatic N) is 2. The van der Waals surface area contributed by atoms with Gasteiger partial charge in [0, 0.05) is 39.3 Å². The van der Waals surface area contributed by atoms with Gasteiger partial charge in [-0.1, -0.05) is 0 Å². The van der Waals surface area contributed by atoms with E-state index in [9.17, 15) is 4.79 Å². The van der Waals surface area contributed by atoms with E-state index in [0.29, 0.717) is 12.1 Å². The smallest absolute Gasteiger partial charge is 0.248 e. The van der Waals surface area contributed by atoms with E-state index in [2.05, 4.69) is 18.7 Å². The maximum Gasteiger partial charge on any atom is 0.248 e. The summed E-state index contributed by atoms with van der Waals surface area (Å²) in [5.41, 5.74) is 0. The summed E-state index contributed by atoms with van der Waals surface area (Å²) in [7, 11) is 3.43. The van der Waals surface area contributed by atoms with Crippen molar-refractivity contribution >= 4 is 5.91 Å². The molecule has 4 nitrogen and oxygen atoms in total. The molecular formula is C11H22N2O2. The first-order valence-electron chi connectivity index (χ1n) is 5.55. The monoisotopic (exact) mass is 214 g/mol. The van der Waals surface area contributed by atoms with Crippen molar-refractivity contribution in [2.75, 3.05) is 33.9 Å². The van der Waals surface area contributed by atoms with Crippen LogP contribution in [0.15, 0.2) is 0 Å². The molecule has 0 aliphatic carbocycles. The van der Waals surface area contributed by atoms with Gasteiger partial charge in [-0.3, -0.25) is 9.69 Å². The van der Waals surface area contributed by atoms with Gasteiger partial charge < -0.3 is 9.64 Å². The first-order valence-corrected chi connectivity index (χ1v) is 5.55. The highest BCUT2D eigenvalue weighted by Crippen LogP contribution is 2.16. The molecule has 0 aromatic carbocycles. The van der Waals surface area contributed by atoms with Crippen LogP contribution in [0.4, 0.5) is 0 Å². The maximum absolute atomic E-state index is 11.6. The van der Waals surface area contributed by atoms with Crippen molar-refractivity contribution in [3.05, 3.63) is 0 Å². The van der Waals surface area contributed by atoms with Crippen molar-refractivity contribution in [2.45, 2.75) is 32.4 Å². The Morgan fingerprint density at radius 1 is 1.60 bits per heavy atom. The van der Waals surface area contributed by atoms with Crippen LogP contribution in [0.2, 0.25) is 0 Å². The predicted octanol–water partition coefficient (Wildman–Crippen LogP) is 0.574. The number of carbonyl (C=O) groups is 1. The lowest BCUT2D eigenvalue weighted by molar-refractivity contribution is -0.135. The van der Waals surface area contributed by atoms with Crippen molar-refractivity contribution in [2.24, 2.45) is 0 Å². The lowest BCUT2D eigenvalue weighted by Gasteiger charge is -2.26. The van der Waals surface area contributed by atoms with Crippen LogP contribution in [0.3, 0.4) is 0 Å². The molecule has 0 aromatic rings. The minimum atomic E-state index is 0.0770. The SMILES string of the molecule is COCC(=O)N(C)[C@@H]1CCN(C(C)C)C1. The standard InChI is InChI=1S/C11H22N2O2/c1-9(2)13-6-5-10(7-13)12(3)11(14)8-15-4/h9-10H,5-8H2,1-4H3/t10-/m1/s1. The molecule has 0 spiro atoms. The number of likely N-dealkylation sites (tertiary alicyclic amines) is 1. The van der Waals surface area contributed by atoms with Gasteiger partial charge in [-0.05, 0) is 20.3 Å². The highest BCUT2D eigenvalue weighted by Gasteiger charge is 2.29. The Morgan fingerprint density at radius 2 is 2.27 bits per heavy atom. The van der Waals surface area contributed by atoms with Gasteiger partial charge in [-0.25, -0.2) is 0 Å². The molecule has 1 aliphatic rings. The molecule has 1 heterocycles. The fourth-order valence-electron chi connectivity index (χ4n) is 1.98. The van der Waals surface area contributed by atoms with E-state index in [-0.39, 0.29) is 12.5 Å². The molecule has 1 amide bonds. The number of rotatable bonds is 4. The van der Waals surface area contributed by atoms with E-state index in [1.165, 1.54) is 0 Å². The third-order valence-corrected chi connectivity index (χ3v) is 3.13. The molecule has 0 aromatic heterocycles. The molecule has 1 aliphatic heterocycles. The highest BCUT2D eigenvalue weighted by molar-refractivity contribution is 5.77. The van der Waals surface area contributed by atoms with Gasteiger partial charge in [0.15, 0.2) is 0 Å². The van der Waals surface area contributed by atoms with Gasteiger partial charge in [0.1, 0.15) is 6.61 Å². The molecule has 1 rings (SSSR count). The van der Waals surface area contributed by atoms with Crippen LogP contribution in [0, 0.1) is 0 Å². The number of amides is 1. The van der Waals surface area contributed by atoms with Gasteiger partial charge in [0.25, 0.3) is 0 Å². The molecule has 0 N–H and O–H groups in total. The molecule has 15 heavy (non-hydrogen) atoms. The fourth-order valence-corrected chi connectivity index (χ4v) is 1.98. The van der Waals surface area contributed by atoms with Gasteiger partial charge in [0.2, 0.25) is 5.91 Å². The summed E-state index contributed by atoms with van der Waals surface area (Å²) in [6.07, 6.45) is 1.07. The molecule has 1 atom stereocenters. The molecular weight excluding hydrogens is 192 g/mol. The number of likely N-dealkylation sites (N-methyl/N-ethyl adjacent to an activating group) is 1. The molecule has 88 valence electrons. The number of hydrogen-bond acceptors (Lipinski definition) is 3. The van der Waals surface area contributed by atoms with Crippen molar-refractivity contribution < 1.29 is 9.53 Å². The van der Waals surface area contributed by atoms with E-state index < -0.39 is 0 Å². The van der Waals surface area contributed by atoms with Crippen LogP contribution in [0.25, 0.3) is 0 Å². The second kappa shape index (κ2) is 5.47. The van der Waals surface area contributed by atoms with Gasteiger partial charge in [0.05, 0.1) is 0 Å². The minimum Gasteiger partial charge on any atom is -0.375 e. The minimum absolute atomic E-state index is 0.0770. The summed E-state index contributed by atoms with van der Waals surface area (Å²) in [6.45, 7) is 6.66. The molecule has 1 saturated heterocycles. The summed E-state index contributed by atoms with van der Waals surface area (Å²) < 4.78 is 4.85. The van der Waals surface area contributed by atoms with E-state index in [4.69, 9.17) is 4.74 Å². The Hall–Kier alpha value is -0.610. The second-order valence-electron chi connectivity index (χ2n) is 4.47. The van der Waals surface area contributed by atoms with Gasteiger partial charge in [-0.2, -0.15) is 0 Å². The maximum atomic E-state index is 11.6. The first-order chi connectivity index (χ1) is 7.06. The van der Waals surface area contributed by atoms with Gasteiger partial charge >= 0.3 is 0 Å². The fraction of sp³-hybridized carbons (Fsp3) is 0.909. The lowest BCUT2D eigenvalue weighted by Crippen LogP contribution is -2.41. The molecule has 1 fully saturated rings. The average Bonchev–Trinajstić information content (AvgIpc) is 2.65. The molecule has 0 bridgehead atoms. The average molecular weight is 214 g/mol. The molecule has 0 radical (unpaired) electrons. The molecule has 0 unspecified atom stereocenters. The first kappa shape index (κ1) is 12.5. The van der Waals surface area contributed by atoms with Crippen LogP contribution in [-0.2, 0) is 9.53 Å². The Bertz CT molecular complexity index is 219. The van der Waals surface area contributed by atoms with Crippen LogP contribution in [0.5, 0.6) is 0 Å². The number of hydrogen-bond donors (Lipinski definition) is 0. The normalized spacial score (nSPS) is 22.3. The number of ether oxygens (including phenoxy) is 1. The Labute approximate surface area is 92.2 Å². The Balaban J connectivity index is 2.42. The summed E-state index contributed by atoms with van der Waals surface area (Å²) in [5.74, 6) is 0.0770. The third kappa shape index (κ3) is 3.18. The van der Waals surface area contributed by atoms with Crippen molar-refractivity contribution in [3.63, 3.8) is 0 Å². The summed E-state index contributed by atoms with van der Waals surface area (Å²) in [4.78, 5) is 15.8. The Kier molecular flexibility index (Phi) is 4.54. The largest absolute Gasteiger partial charge is 0.375 e. The second-order valence-corrected chi connectivity index (χ2v) is 4.47. The summed E-state index contributed by atoms with van der Waals surface area (Å²) >= 11 is 0. The van der Waals surface area contributed by atoms with E-state index in [0.717, 1.165) is 19.5 Å². The zero-order chi connectivity index (χ0) is 11.4. The topological polar surface area (TPSA) is 32.8 Å². The lowest BCUT2D eigenvalue weighted by atomic mass is 10.2. The van der Waals surface area contributed by atoms with Crippen LogP contribution < -0.4 is 0 Å². The molecule has 4 heteroatoms. The number of methoxy groups -OCH3 is 1. The van der Waals surface area contributed by atoms with Crippen molar-refractivity contribution in [3.8, 4) is 0 Å². The van der Waals surface area contributed by atoms with Crippen LogP contribution in [0.1, 0.15) is 20.3 Å². The van der Waals surface area contributed by atoms with Crippen molar-refractivity contribution in [1.29, 1.82) is 0 Å². The zero-order valence-electron chi connectivity index (χ0n) is 10.2. The Morgan fingerprint density at radius 3 is 2.73 bits per heavy atom. The van der Waals surface area contributed by atoms with Gasteiger partial charge in [-0.15, -0.1) is 0 Å². The summed E-state index contributed by atoms with van der Waals surface area (Å²) in [6, 6.07) is 0.927. The summed E-state index contributed by atoms with van der Waals surface area (Å²) in [5, 5.41) is 0. The third-order valence-electron chi connectivity index (χ3n) is 3.13. The highest BCUT2D eigenvalue weighted by atomic mass is 16.5. The predicted molar refractivity (Wildman–Crippen MR) is 59.8 cm³/mol. The van der Waals surface area contributed by atoms with E-state index >= 15 is 0 Å². The van der Waals surface area contributed by atoms with Crippen molar-refractivity contribution in [1.82, 2.24) is 9.80 Å². The van der Waals surface area contributed by atoms with Crippen LogP contribution >= 0.6 is 0 Å².